The second kappa shape index (κ2) is 21.3. The lowest BCUT2D eigenvalue weighted by Crippen LogP contribution is -2.70. The van der Waals surface area contributed by atoms with Gasteiger partial charge in [0.2, 0.25) is 5.79 Å². The molecule has 14 nitrogen and oxygen atoms in total. The third kappa shape index (κ3) is 10.1. The van der Waals surface area contributed by atoms with E-state index in [1.807, 2.05) is 25.1 Å². The first-order valence-electron chi connectivity index (χ1n) is 21.3. The van der Waals surface area contributed by atoms with Crippen molar-refractivity contribution in [1.29, 1.82) is 0 Å². The number of nitro groups is 1. The van der Waals surface area contributed by atoms with E-state index in [0.717, 1.165) is 43.1 Å². The molecule has 6 atom stereocenters. The van der Waals surface area contributed by atoms with Gasteiger partial charge in [-0.25, -0.2) is 4.79 Å². The van der Waals surface area contributed by atoms with Gasteiger partial charge < -0.3 is 34.0 Å². The maximum atomic E-state index is 14.1. The largest absolute Gasteiger partial charge is 0.459 e. The Morgan fingerprint density at radius 2 is 1.79 bits per heavy atom. The van der Waals surface area contributed by atoms with Gasteiger partial charge in [-0.2, -0.15) is 0 Å². The van der Waals surface area contributed by atoms with Gasteiger partial charge in [-0.05, 0) is 104 Å². The molecule has 1 saturated carbocycles. The van der Waals surface area contributed by atoms with Crippen LogP contribution in [0.15, 0.2) is 96.2 Å². The molecule has 0 bridgehead atoms. The lowest BCUT2D eigenvalue weighted by molar-refractivity contribution is -0.384. The monoisotopic (exact) mass is 839 g/mol. The van der Waals surface area contributed by atoms with Gasteiger partial charge in [-0.15, -0.1) is 6.58 Å². The molecule has 0 radical (unpaired) electrons. The highest BCUT2D eigenvalue weighted by Crippen LogP contribution is 2.62. The van der Waals surface area contributed by atoms with E-state index >= 15 is 0 Å². The highest BCUT2D eigenvalue weighted by Gasteiger charge is 2.65. The second-order valence-electron chi connectivity index (χ2n) is 15.7. The third-order valence-corrected chi connectivity index (χ3v) is 11.8. The average Bonchev–Trinajstić information content (AvgIpc) is 3.26. The van der Waals surface area contributed by atoms with Crippen molar-refractivity contribution in [3.63, 3.8) is 0 Å². The molecule has 3 aromatic carbocycles. The van der Waals surface area contributed by atoms with Gasteiger partial charge in [0.25, 0.3) is 5.69 Å². The molecule has 61 heavy (non-hydrogen) atoms. The molecule has 0 saturated heterocycles. The second-order valence-corrected chi connectivity index (χ2v) is 15.7. The summed E-state index contributed by atoms with van der Waals surface area (Å²) in [6.07, 6.45) is 9.28. The molecule has 1 fully saturated rings. The van der Waals surface area contributed by atoms with Crippen molar-refractivity contribution in [3.05, 3.63) is 118 Å². The van der Waals surface area contributed by atoms with Gasteiger partial charge in [-0.1, -0.05) is 49.2 Å². The standard InChI is InChI=1S/C47H57N3O11/c1-4-22-49(46(54)57-6-3)43-29-41(48-59-31-32-16-18-35(19-17-32)50(55)56)39-27-34(13-7-9-23-51)38(15-8-10-24-52)44-40-28-37(60-36-14-11-12-33(26-36)30-53)20-21-42(40)61-47(43,45(39)44)58-25-5-2/h5,11-12,14,16-21,26-28,30,34,38,43-45,51-52H,2,4,6-10,13,15,22-25,29,31H2,1,3H3. The summed E-state index contributed by atoms with van der Waals surface area (Å²) in [5.41, 5.74) is 3.48. The molecule has 326 valence electrons. The summed E-state index contributed by atoms with van der Waals surface area (Å²) in [5, 5.41) is 35.9. The van der Waals surface area contributed by atoms with Gasteiger partial charge >= 0.3 is 6.09 Å². The van der Waals surface area contributed by atoms with Crippen LogP contribution in [0, 0.1) is 27.9 Å². The first kappa shape index (κ1) is 45.0. The number of fused-ring (bicyclic) bond motifs is 2. The zero-order valence-corrected chi connectivity index (χ0v) is 35.0. The quantitative estimate of drug-likeness (QED) is 0.0324. The van der Waals surface area contributed by atoms with E-state index in [9.17, 15) is 29.9 Å². The number of aliphatic hydroxyl groups is 2. The van der Waals surface area contributed by atoms with Crippen LogP contribution < -0.4 is 9.47 Å². The fourth-order valence-corrected chi connectivity index (χ4v) is 9.22. The van der Waals surface area contributed by atoms with E-state index in [2.05, 4.69) is 12.7 Å². The summed E-state index contributed by atoms with van der Waals surface area (Å²) in [6.45, 7) is 8.50. The molecule has 1 heterocycles. The van der Waals surface area contributed by atoms with Gasteiger partial charge in [0.15, 0.2) is 0 Å². The number of hydrogen-bond acceptors (Lipinski definition) is 12. The van der Waals surface area contributed by atoms with Crippen molar-refractivity contribution < 1.29 is 48.5 Å². The maximum absolute atomic E-state index is 14.1. The van der Waals surface area contributed by atoms with Crippen molar-refractivity contribution in [2.75, 3.05) is 33.0 Å². The van der Waals surface area contributed by atoms with Crippen molar-refractivity contribution >= 4 is 23.8 Å². The fraction of sp³-hybridized carbons (Fsp3) is 0.468. The van der Waals surface area contributed by atoms with E-state index in [1.54, 1.807) is 54.3 Å². The molecule has 14 heteroatoms. The number of aldehydes is 1. The van der Waals surface area contributed by atoms with E-state index in [0.29, 0.717) is 59.9 Å². The minimum Gasteiger partial charge on any atom is -0.459 e. The highest BCUT2D eigenvalue weighted by molar-refractivity contribution is 6.03. The van der Waals surface area contributed by atoms with E-state index in [-0.39, 0.29) is 62.9 Å². The van der Waals surface area contributed by atoms with E-state index in [4.69, 9.17) is 28.9 Å². The number of non-ortho nitro benzene ring substituents is 1. The maximum Gasteiger partial charge on any atom is 0.410 e. The molecule has 2 aliphatic carbocycles. The third-order valence-electron chi connectivity index (χ3n) is 11.8. The number of allylic oxidation sites excluding steroid dienone is 1. The summed E-state index contributed by atoms with van der Waals surface area (Å²) in [4.78, 5) is 44.3. The van der Waals surface area contributed by atoms with Crippen LogP contribution in [-0.4, -0.2) is 82.9 Å². The van der Waals surface area contributed by atoms with Crippen molar-refractivity contribution in [2.24, 2.45) is 22.9 Å². The number of aliphatic hydroxyl groups excluding tert-OH is 2. The Kier molecular flexibility index (Phi) is 15.7. The lowest BCUT2D eigenvalue weighted by Gasteiger charge is -2.59. The predicted molar refractivity (Wildman–Crippen MR) is 229 cm³/mol. The number of ether oxygens (including phenoxy) is 4. The molecular weight excluding hydrogens is 783 g/mol. The average molecular weight is 840 g/mol. The van der Waals surface area contributed by atoms with Crippen LogP contribution in [0.3, 0.4) is 0 Å². The van der Waals surface area contributed by atoms with Crippen LogP contribution in [0.5, 0.6) is 17.2 Å². The number of unbranched alkanes of at least 4 members (excludes halogenated alkanes) is 2. The van der Waals surface area contributed by atoms with Crippen LogP contribution in [0.2, 0.25) is 0 Å². The smallest absolute Gasteiger partial charge is 0.410 e. The molecule has 0 aromatic heterocycles. The van der Waals surface area contributed by atoms with Gasteiger partial charge in [-0.3, -0.25) is 19.8 Å². The minimum atomic E-state index is -1.46. The fourth-order valence-electron chi connectivity index (χ4n) is 9.22. The first-order valence-corrected chi connectivity index (χ1v) is 21.3. The van der Waals surface area contributed by atoms with Crippen molar-refractivity contribution in [2.45, 2.75) is 89.6 Å². The summed E-state index contributed by atoms with van der Waals surface area (Å²) < 4.78 is 26.3. The normalized spacial score (nSPS) is 23.1. The topological polar surface area (TPSA) is 179 Å². The van der Waals surface area contributed by atoms with Crippen molar-refractivity contribution in [3.8, 4) is 17.2 Å². The zero-order chi connectivity index (χ0) is 43.4. The number of oxime groups is 1. The number of benzene rings is 3. The van der Waals surface area contributed by atoms with Crippen LogP contribution in [0.4, 0.5) is 10.5 Å². The van der Waals surface area contributed by atoms with E-state index < -0.39 is 28.8 Å². The van der Waals surface area contributed by atoms with Crippen LogP contribution in [0.1, 0.15) is 92.6 Å². The number of amides is 1. The number of hydrogen-bond donors (Lipinski definition) is 2. The minimum absolute atomic E-state index is 0.00613. The van der Waals surface area contributed by atoms with Gasteiger partial charge in [0.05, 0.1) is 29.8 Å². The van der Waals surface area contributed by atoms with Gasteiger partial charge in [0.1, 0.15) is 36.2 Å². The molecule has 2 N–H and O–H groups in total. The predicted octanol–water partition coefficient (Wildman–Crippen LogP) is 8.90. The number of carbonyl (C=O) groups is 2. The number of nitrogens with zero attached hydrogens (tertiary/aromatic N) is 3. The highest BCUT2D eigenvalue weighted by atomic mass is 16.7. The molecule has 1 amide bonds. The Labute approximate surface area is 356 Å². The zero-order valence-electron chi connectivity index (χ0n) is 35.0. The Morgan fingerprint density at radius 1 is 1.03 bits per heavy atom. The molecule has 6 rings (SSSR count). The Hall–Kier alpha value is -5.57. The molecule has 6 unspecified atom stereocenters. The SMILES string of the molecule is C=CCOC12Oc3ccc(Oc4cccc(C=O)c4)cc3C3C(CCCCO)C(CCCCO)C=C(C(=NOCc4ccc([N+](=O)[O-])cc4)CC1N(CCC)C(=O)OCC)C32. The molecule has 3 aromatic rings. The summed E-state index contributed by atoms with van der Waals surface area (Å²) in [7, 11) is 0. The molecule has 0 spiro atoms. The van der Waals surface area contributed by atoms with Crippen molar-refractivity contribution in [1.82, 2.24) is 4.90 Å². The van der Waals surface area contributed by atoms with Crippen LogP contribution in [-0.2, 0) is 20.9 Å². The lowest BCUT2D eigenvalue weighted by atomic mass is 9.55. The van der Waals surface area contributed by atoms with Gasteiger partial charge in [0, 0.05) is 55.4 Å². The van der Waals surface area contributed by atoms with E-state index in [1.165, 1.54) is 12.1 Å². The summed E-state index contributed by atoms with van der Waals surface area (Å²) in [6, 6.07) is 18.0. The number of carbonyl (C=O) groups excluding carboxylic acids is 2. The van der Waals surface area contributed by atoms with Crippen LogP contribution >= 0.6 is 0 Å². The molecular formula is C47H57N3O11. The molecule has 3 aliphatic rings. The van der Waals surface area contributed by atoms with Crippen LogP contribution in [0.25, 0.3) is 0 Å². The summed E-state index contributed by atoms with van der Waals surface area (Å²) in [5.74, 6) is -0.682. The number of nitro benzene ring substituents is 1. The Morgan fingerprint density at radius 3 is 2.48 bits per heavy atom. The Balaban J connectivity index is 1.56. The summed E-state index contributed by atoms with van der Waals surface area (Å²) >= 11 is 0. The number of rotatable bonds is 22. The Bertz CT molecular complexity index is 2050. The molecule has 1 aliphatic heterocycles. The first-order chi connectivity index (χ1) is 29.7.